The number of hydrogen-bond acceptors (Lipinski definition) is 6. The molecule has 0 aliphatic carbocycles. The van der Waals surface area contributed by atoms with Gasteiger partial charge in [-0.25, -0.2) is 4.79 Å². The Bertz CT molecular complexity index is 707. The van der Waals surface area contributed by atoms with Crippen molar-refractivity contribution in [3.63, 3.8) is 0 Å². The van der Waals surface area contributed by atoms with Gasteiger partial charge in [-0.15, -0.1) is 0 Å². The molecule has 2 amide bonds. The van der Waals surface area contributed by atoms with Crippen molar-refractivity contribution in [2.24, 2.45) is 5.41 Å². The monoisotopic (exact) mass is 422 g/mol. The number of ether oxygens (including phenoxy) is 2. The lowest BCUT2D eigenvalue weighted by molar-refractivity contribution is -0.147. The van der Waals surface area contributed by atoms with Crippen molar-refractivity contribution in [3.8, 4) is 0 Å². The normalized spacial score (nSPS) is 13.7. The molecule has 0 spiro atoms. The lowest BCUT2D eigenvalue weighted by atomic mass is 9.87. The average molecular weight is 423 g/mol. The Labute approximate surface area is 178 Å². The van der Waals surface area contributed by atoms with Crippen LogP contribution in [0, 0.1) is 5.41 Å². The number of aliphatic hydroxyl groups is 1. The number of hydrogen-bond donors (Lipinski definition) is 3. The lowest BCUT2D eigenvalue weighted by Gasteiger charge is -2.31. The fourth-order valence-corrected chi connectivity index (χ4v) is 2.43. The second kappa shape index (κ2) is 11.0. The number of benzene rings is 1. The highest BCUT2D eigenvalue weighted by molar-refractivity contribution is 5.89. The Morgan fingerprint density at radius 3 is 2.10 bits per heavy atom. The molecule has 0 radical (unpaired) electrons. The first-order chi connectivity index (χ1) is 13.8. The van der Waals surface area contributed by atoms with Gasteiger partial charge in [0.25, 0.3) is 0 Å². The molecule has 1 aromatic rings. The largest absolute Gasteiger partial charge is 0.461 e. The highest BCUT2D eigenvalue weighted by Crippen LogP contribution is 2.19. The summed E-state index contributed by atoms with van der Waals surface area (Å²) < 4.78 is 10.4. The molecule has 8 nitrogen and oxygen atoms in total. The van der Waals surface area contributed by atoms with E-state index in [4.69, 9.17) is 9.47 Å². The van der Waals surface area contributed by atoms with E-state index >= 15 is 0 Å². The molecule has 2 atom stereocenters. The van der Waals surface area contributed by atoms with E-state index in [0.29, 0.717) is 0 Å². The zero-order chi connectivity index (χ0) is 22.9. The van der Waals surface area contributed by atoms with E-state index in [1.54, 1.807) is 20.8 Å². The molecule has 0 fully saturated rings. The summed E-state index contributed by atoms with van der Waals surface area (Å²) in [6.45, 7) is 10.4. The van der Waals surface area contributed by atoms with Gasteiger partial charge in [0.1, 0.15) is 18.2 Å². The van der Waals surface area contributed by atoms with Crippen LogP contribution in [-0.2, 0) is 25.7 Å². The maximum atomic E-state index is 12.8. The van der Waals surface area contributed by atoms with Crippen molar-refractivity contribution in [2.45, 2.75) is 72.3 Å². The van der Waals surface area contributed by atoms with Crippen molar-refractivity contribution in [3.05, 3.63) is 35.9 Å². The van der Waals surface area contributed by atoms with Crippen LogP contribution in [0.25, 0.3) is 0 Å². The third kappa shape index (κ3) is 9.73. The number of esters is 1. The maximum Gasteiger partial charge on any atom is 0.408 e. The Balaban J connectivity index is 2.83. The molecular weight excluding hydrogens is 388 g/mol. The minimum atomic E-state index is -1.21. The van der Waals surface area contributed by atoms with Gasteiger partial charge in [-0.3, -0.25) is 9.59 Å². The first kappa shape index (κ1) is 25.4. The number of carbonyl (C=O) groups excluding carboxylic acids is 3. The summed E-state index contributed by atoms with van der Waals surface area (Å²) in [4.78, 5) is 37.2. The summed E-state index contributed by atoms with van der Waals surface area (Å²) in [5.74, 6) is -1.25. The topological polar surface area (TPSA) is 114 Å². The van der Waals surface area contributed by atoms with Crippen LogP contribution in [0.2, 0.25) is 0 Å². The predicted octanol–water partition coefficient (Wildman–Crippen LogP) is 2.54. The van der Waals surface area contributed by atoms with E-state index in [2.05, 4.69) is 10.6 Å². The zero-order valence-electron chi connectivity index (χ0n) is 18.7. The first-order valence-corrected chi connectivity index (χ1v) is 9.92. The van der Waals surface area contributed by atoms with Gasteiger partial charge in [-0.2, -0.15) is 0 Å². The summed E-state index contributed by atoms with van der Waals surface area (Å²) in [7, 11) is 0. The van der Waals surface area contributed by atoms with Gasteiger partial charge in [0.05, 0.1) is 19.1 Å². The van der Waals surface area contributed by atoms with E-state index in [1.807, 2.05) is 51.1 Å². The summed E-state index contributed by atoms with van der Waals surface area (Å²) >= 11 is 0. The molecule has 1 rings (SSSR count). The van der Waals surface area contributed by atoms with E-state index in [-0.39, 0.29) is 19.6 Å². The number of nitrogens with one attached hydrogen (secondary N) is 2. The molecule has 168 valence electrons. The van der Waals surface area contributed by atoms with Crippen LogP contribution in [0.15, 0.2) is 30.3 Å². The average Bonchev–Trinajstić information content (AvgIpc) is 2.62. The molecule has 0 aliphatic heterocycles. The fraction of sp³-hybridized carbons (Fsp3) is 0.591. The molecule has 3 N–H and O–H groups in total. The van der Waals surface area contributed by atoms with Gasteiger partial charge in [-0.1, -0.05) is 51.1 Å². The third-order valence-electron chi connectivity index (χ3n) is 4.17. The van der Waals surface area contributed by atoms with E-state index in [0.717, 1.165) is 5.56 Å². The quantitative estimate of drug-likeness (QED) is 0.555. The summed E-state index contributed by atoms with van der Waals surface area (Å²) in [6.07, 6.45) is -1.20. The third-order valence-corrected chi connectivity index (χ3v) is 4.17. The number of carbonyl (C=O) groups is 3. The van der Waals surface area contributed by atoms with Crippen LogP contribution in [0.3, 0.4) is 0 Å². The first-order valence-electron chi connectivity index (χ1n) is 9.92. The van der Waals surface area contributed by atoms with E-state index < -0.39 is 41.1 Å². The molecule has 0 heterocycles. The summed E-state index contributed by atoms with van der Waals surface area (Å²) in [5, 5.41) is 14.7. The van der Waals surface area contributed by atoms with Crippen LogP contribution < -0.4 is 10.6 Å². The standard InChI is InChI=1S/C22H34N2O6/c1-21(2,3)17(13-25)24-19(27)16(23-20(28)30-22(4,5)6)12-18(26)29-14-15-10-8-7-9-11-15/h7-11,16-17,25H,12-14H2,1-6H3,(H,23,28)(H,24,27)/t16-,17-/m1/s1. The Hall–Kier alpha value is -2.61. The zero-order valence-corrected chi connectivity index (χ0v) is 18.7. The highest BCUT2D eigenvalue weighted by Gasteiger charge is 2.32. The van der Waals surface area contributed by atoms with Crippen LogP contribution in [-0.4, -0.2) is 47.4 Å². The molecule has 1 aromatic carbocycles. The van der Waals surface area contributed by atoms with Crippen molar-refractivity contribution in [1.82, 2.24) is 10.6 Å². The van der Waals surface area contributed by atoms with E-state index in [1.165, 1.54) is 0 Å². The summed E-state index contributed by atoms with van der Waals surface area (Å²) in [6, 6.07) is 7.35. The number of rotatable bonds is 8. The fourth-order valence-electron chi connectivity index (χ4n) is 2.43. The molecule has 8 heteroatoms. The Morgan fingerprint density at radius 2 is 1.60 bits per heavy atom. The van der Waals surface area contributed by atoms with Crippen LogP contribution in [0.1, 0.15) is 53.5 Å². The van der Waals surface area contributed by atoms with Crippen LogP contribution in [0.5, 0.6) is 0 Å². The maximum absolute atomic E-state index is 12.8. The Morgan fingerprint density at radius 1 is 1.00 bits per heavy atom. The molecular formula is C22H34N2O6. The minimum Gasteiger partial charge on any atom is -0.461 e. The molecule has 0 saturated carbocycles. The van der Waals surface area contributed by atoms with Gasteiger partial charge >= 0.3 is 12.1 Å². The van der Waals surface area contributed by atoms with Crippen molar-refractivity contribution in [1.29, 1.82) is 0 Å². The molecule has 0 bridgehead atoms. The second-order valence-corrected chi connectivity index (χ2v) is 9.16. The predicted molar refractivity (Wildman–Crippen MR) is 112 cm³/mol. The molecule has 0 saturated heterocycles. The van der Waals surface area contributed by atoms with Crippen molar-refractivity contribution in [2.75, 3.05) is 6.61 Å². The van der Waals surface area contributed by atoms with E-state index in [9.17, 15) is 19.5 Å². The second-order valence-electron chi connectivity index (χ2n) is 9.16. The van der Waals surface area contributed by atoms with Crippen molar-refractivity contribution < 1.29 is 29.0 Å². The smallest absolute Gasteiger partial charge is 0.408 e. The highest BCUT2D eigenvalue weighted by atomic mass is 16.6. The molecule has 0 unspecified atom stereocenters. The van der Waals surface area contributed by atoms with Gasteiger partial charge in [0.2, 0.25) is 5.91 Å². The van der Waals surface area contributed by atoms with Crippen LogP contribution in [0.4, 0.5) is 4.79 Å². The number of amides is 2. The lowest BCUT2D eigenvalue weighted by Crippen LogP contribution is -2.55. The van der Waals surface area contributed by atoms with Gasteiger partial charge in [0.15, 0.2) is 0 Å². The Kier molecular flexibility index (Phi) is 9.29. The summed E-state index contributed by atoms with van der Waals surface area (Å²) in [5.41, 5.74) is -0.382. The SMILES string of the molecule is CC(C)(C)OC(=O)N[C@H](CC(=O)OCc1ccccc1)C(=O)N[C@H](CO)C(C)(C)C. The molecule has 0 aliphatic rings. The molecule has 30 heavy (non-hydrogen) atoms. The minimum absolute atomic E-state index is 0.0572. The van der Waals surface area contributed by atoms with Gasteiger partial charge in [-0.05, 0) is 31.7 Å². The van der Waals surface area contributed by atoms with Gasteiger partial charge in [0, 0.05) is 0 Å². The van der Waals surface area contributed by atoms with Crippen molar-refractivity contribution >= 4 is 18.0 Å². The van der Waals surface area contributed by atoms with Gasteiger partial charge < -0.3 is 25.2 Å². The number of aliphatic hydroxyl groups excluding tert-OH is 1. The number of alkyl carbamates (subject to hydrolysis) is 1. The van der Waals surface area contributed by atoms with Crippen LogP contribution >= 0.6 is 0 Å². The molecule has 0 aromatic heterocycles.